The van der Waals surface area contributed by atoms with E-state index in [4.69, 9.17) is 9.47 Å². The first-order valence-corrected chi connectivity index (χ1v) is 8.88. The van der Waals surface area contributed by atoms with Crippen LogP contribution in [0.25, 0.3) is 0 Å². The van der Waals surface area contributed by atoms with Crippen molar-refractivity contribution in [2.75, 3.05) is 13.4 Å². The van der Waals surface area contributed by atoms with Crippen molar-refractivity contribution in [2.24, 2.45) is 0 Å². The van der Waals surface area contributed by atoms with Crippen LogP contribution in [0, 0.1) is 13.8 Å². The average molecular weight is 324 g/mol. The highest BCUT2D eigenvalue weighted by molar-refractivity contribution is 7.98. The van der Waals surface area contributed by atoms with Crippen molar-refractivity contribution >= 4 is 17.7 Å². The Hall–Kier alpha value is -1.14. The zero-order valence-electron chi connectivity index (χ0n) is 13.7. The monoisotopic (exact) mass is 324 g/mol. The molecule has 0 saturated heterocycles. The lowest BCUT2D eigenvalue weighted by molar-refractivity contribution is -0.154. The fourth-order valence-electron chi connectivity index (χ4n) is 2.91. The van der Waals surface area contributed by atoms with Gasteiger partial charge in [0.05, 0.1) is 6.10 Å². The highest BCUT2D eigenvalue weighted by Gasteiger charge is 2.30. The van der Waals surface area contributed by atoms with Gasteiger partial charge in [-0.15, -0.1) is 0 Å². The van der Waals surface area contributed by atoms with Crippen molar-refractivity contribution in [3.63, 3.8) is 0 Å². The van der Waals surface area contributed by atoms with Crippen LogP contribution in [0.4, 0.5) is 0 Å². The molecule has 1 aliphatic carbocycles. The summed E-state index contributed by atoms with van der Waals surface area (Å²) in [6.07, 6.45) is 5.82. The van der Waals surface area contributed by atoms with Gasteiger partial charge in [-0.05, 0) is 51.3 Å². The van der Waals surface area contributed by atoms with Crippen LogP contribution >= 0.6 is 11.8 Å². The summed E-state index contributed by atoms with van der Waals surface area (Å²) in [5.74, 6) is -0.165. The van der Waals surface area contributed by atoms with Crippen LogP contribution in [0.15, 0.2) is 5.16 Å². The average Bonchev–Trinajstić information content (AvgIpc) is 2.93. The Balaban J connectivity index is 1.91. The fraction of sp³-hybridized carbons (Fsp3) is 0.688. The van der Waals surface area contributed by atoms with E-state index in [1.54, 1.807) is 7.11 Å². The van der Waals surface area contributed by atoms with Gasteiger partial charge in [0.2, 0.25) is 0 Å². The Labute approximate surface area is 136 Å². The molecule has 1 heterocycles. The van der Waals surface area contributed by atoms with E-state index in [1.165, 1.54) is 11.8 Å². The predicted molar refractivity (Wildman–Crippen MR) is 86.1 cm³/mol. The second kappa shape index (κ2) is 7.92. The lowest BCUT2D eigenvalue weighted by Crippen LogP contribution is -2.27. The number of carbonyl (C=O) groups excluding carboxylic acids is 1. The van der Waals surface area contributed by atoms with Crippen molar-refractivity contribution in [1.82, 2.24) is 9.97 Å². The maximum atomic E-state index is 12.1. The molecule has 1 fully saturated rings. The molecule has 0 N–H and O–H groups in total. The molecule has 5 nitrogen and oxygen atoms in total. The quantitative estimate of drug-likeness (QED) is 0.455. The molecule has 2 atom stereocenters. The van der Waals surface area contributed by atoms with E-state index >= 15 is 0 Å². The molecule has 0 unspecified atom stereocenters. The number of esters is 1. The van der Waals surface area contributed by atoms with Gasteiger partial charge in [-0.3, -0.25) is 4.79 Å². The molecule has 1 aromatic rings. The number of methoxy groups -OCH3 is 1. The predicted octanol–water partition coefficient (Wildman–Crippen LogP) is 2.86. The maximum Gasteiger partial charge on any atom is 0.306 e. The van der Waals surface area contributed by atoms with Crippen LogP contribution in [0.1, 0.15) is 42.6 Å². The Morgan fingerprint density at radius 2 is 1.86 bits per heavy atom. The second-order valence-electron chi connectivity index (χ2n) is 5.59. The van der Waals surface area contributed by atoms with E-state index in [1.807, 2.05) is 20.1 Å². The lowest BCUT2D eigenvalue weighted by Gasteiger charge is -2.19. The smallest absolute Gasteiger partial charge is 0.306 e. The first-order chi connectivity index (χ1) is 10.5. The second-order valence-corrected chi connectivity index (χ2v) is 6.37. The number of aryl methyl sites for hydroxylation is 2. The summed E-state index contributed by atoms with van der Waals surface area (Å²) in [5, 5.41) is 0.773. The molecular formula is C16H24N2O3S. The van der Waals surface area contributed by atoms with Crippen molar-refractivity contribution in [3.05, 3.63) is 17.0 Å². The zero-order valence-corrected chi connectivity index (χ0v) is 14.5. The third-order valence-electron chi connectivity index (χ3n) is 4.14. The Bertz CT molecular complexity index is 513. The summed E-state index contributed by atoms with van der Waals surface area (Å²) in [7, 11) is 1.67. The normalized spacial score (nSPS) is 21.1. The molecule has 122 valence electrons. The minimum absolute atomic E-state index is 0.0524. The number of hydrogen-bond donors (Lipinski definition) is 0. The van der Waals surface area contributed by atoms with Gasteiger partial charge in [0, 0.05) is 24.9 Å². The van der Waals surface area contributed by atoms with Crippen molar-refractivity contribution in [3.8, 4) is 0 Å². The highest BCUT2D eigenvalue weighted by atomic mass is 32.2. The molecule has 1 aromatic heterocycles. The molecule has 0 spiro atoms. The molecule has 1 saturated carbocycles. The lowest BCUT2D eigenvalue weighted by atomic mass is 10.1. The van der Waals surface area contributed by atoms with Gasteiger partial charge in [-0.2, -0.15) is 0 Å². The van der Waals surface area contributed by atoms with Gasteiger partial charge < -0.3 is 9.47 Å². The van der Waals surface area contributed by atoms with E-state index in [9.17, 15) is 4.79 Å². The van der Waals surface area contributed by atoms with Crippen LogP contribution in [0.2, 0.25) is 0 Å². The van der Waals surface area contributed by atoms with Crippen LogP contribution in [0.3, 0.4) is 0 Å². The summed E-state index contributed by atoms with van der Waals surface area (Å²) >= 11 is 1.53. The Kier molecular flexibility index (Phi) is 6.20. The summed E-state index contributed by atoms with van der Waals surface area (Å²) in [4.78, 5) is 20.9. The van der Waals surface area contributed by atoms with Gasteiger partial charge in [0.15, 0.2) is 5.16 Å². The minimum atomic E-state index is -0.165. The van der Waals surface area contributed by atoms with Gasteiger partial charge in [-0.1, -0.05) is 11.8 Å². The first-order valence-electron chi connectivity index (χ1n) is 7.65. The number of hydrogen-bond acceptors (Lipinski definition) is 6. The molecule has 0 amide bonds. The first kappa shape index (κ1) is 17.2. The summed E-state index contributed by atoms with van der Waals surface area (Å²) in [6, 6.07) is 0. The fourth-order valence-corrected chi connectivity index (χ4v) is 3.37. The standard InChI is InChI=1S/C16H24N2O3S/c1-10-12(11(2)18-16(17-10)22-4)8-9-15(19)21-14-7-5-6-13(14)20-3/h13-14H,5-9H2,1-4H3/t13-,14+/m1/s1. The topological polar surface area (TPSA) is 61.3 Å². The summed E-state index contributed by atoms with van der Waals surface area (Å²) < 4.78 is 10.9. The number of rotatable bonds is 6. The van der Waals surface area contributed by atoms with Crippen LogP contribution in [0.5, 0.6) is 0 Å². The Morgan fingerprint density at radius 3 is 2.45 bits per heavy atom. The molecule has 0 aromatic carbocycles. The number of thioether (sulfide) groups is 1. The van der Waals surface area contributed by atoms with Gasteiger partial charge in [0.25, 0.3) is 0 Å². The van der Waals surface area contributed by atoms with Gasteiger partial charge >= 0.3 is 5.97 Å². The highest BCUT2D eigenvalue weighted by Crippen LogP contribution is 2.25. The molecule has 1 aliphatic rings. The molecule has 2 rings (SSSR count). The van der Waals surface area contributed by atoms with Crippen molar-refractivity contribution < 1.29 is 14.3 Å². The number of aromatic nitrogens is 2. The van der Waals surface area contributed by atoms with Gasteiger partial charge in [-0.25, -0.2) is 9.97 Å². The third kappa shape index (κ3) is 4.20. The maximum absolute atomic E-state index is 12.1. The number of nitrogens with zero attached hydrogens (tertiary/aromatic N) is 2. The summed E-state index contributed by atoms with van der Waals surface area (Å²) in [5.41, 5.74) is 2.94. The molecule has 0 radical (unpaired) electrons. The van der Waals surface area contributed by atoms with Crippen LogP contribution in [-0.4, -0.2) is 41.5 Å². The number of carbonyl (C=O) groups is 1. The summed E-state index contributed by atoms with van der Waals surface area (Å²) in [6.45, 7) is 3.93. The molecule has 22 heavy (non-hydrogen) atoms. The van der Waals surface area contributed by atoms with Crippen molar-refractivity contribution in [1.29, 1.82) is 0 Å². The van der Waals surface area contributed by atoms with Crippen LogP contribution < -0.4 is 0 Å². The molecule has 0 aliphatic heterocycles. The van der Waals surface area contributed by atoms with E-state index in [-0.39, 0.29) is 18.2 Å². The number of ether oxygens (including phenoxy) is 2. The minimum Gasteiger partial charge on any atom is -0.460 e. The van der Waals surface area contributed by atoms with Gasteiger partial charge in [0.1, 0.15) is 6.10 Å². The molecule has 6 heteroatoms. The largest absolute Gasteiger partial charge is 0.460 e. The molecular weight excluding hydrogens is 300 g/mol. The van der Waals surface area contributed by atoms with E-state index in [0.717, 1.165) is 41.4 Å². The molecule has 0 bridgehead atoms. The van der Waals surface area contributed by atoms with E-state index in [2.05, 4.69) is 9.97 Å². The third-order valence-corrected chi connectivity index (χ3v) is 4.69. The van der Waals surface area contributed by atoms with Crippen LogP contribution in [-0.2, 0) is 20.7 Å². The Morgan fingerprint density at radius 1 is 1.23 bits per heavy atom. The van der Waals surface area contributed by atoms with E-state index in [0.29, 0.717) is 12.8 Å². The van der Waals surface area contributed by atoms with E-state index < -0.39 is 0 Å². The zero-order chi connectivity index (χ0) is 16.1. The van der Waals surface area contributed by atoms with Crippen molar-refractivity contribution in [2.45, 2.75) is 63.3 Å². The SMILES string of the molecule is CO[C@@H]1CCC[C@@H]1OC(=O)CCc1c(C)nc(SC)nc1C.